The lowest BCUT2D eigenvalue weighted by atomic mass is 10.1. The lowest BCUT2D eigenvalue weighted by Crippen LogP contribution is -2.13. The summed E-state index contributed by atoms with van der Waals surface area (Å²) in [4.78, 5) is 4.47. The van der Waals surface area contributed by atoms with Crippen LogP contribution in [0.2, 0.25) is 0 Å². The van der Waals surface area contributed by atoms with Crippen molar-refractivity contribution in [2.24, 2.45) is 5.73 Å². The van der Waals surface area contributed by atoms with Crippen molar-refractivity contribution >= 4 is 27.3 Å². The number of aryl methyl sites for hydroxylation is 1. The maximum absolute atomic E-state index is 9.00. The number of rotatable bonds is 3. The van der Waals surface area contributed by atoms with Crippen LogP contribution >= 0.6 is 27.3 Å². The first-order valence-corrected chi connectivity index (χ1v) is 6.87. The number of thiazole rings is 1. The van der Waals surface area contributed by atoms with Crippen LogP contribution < -0.4 is 5.73 Å². The summed E-state index contributed by atoms with van der Waals surface area (Å²) in [5.41, 5.74) is 8.91. The number of nitrogens with zero attached hydrogens (tertiary/aromatic N) is 1. The number of aliphatic hydroxyl groups is 1. The number of aliphatic hydroxyl groups excluding tert-OH is 1. The van der Waals surface area contributed by atoms with E-state index in [9.17, 15) is 0 Å². The standard InChI is InChI=1S/C12H13BrN2OS/c1-7-2-3-8(13)4-9(7)11-6-17-12(15-11)10(14)5-16/h2-4,6,10,16H,5,14H2,1H3. The van der Waals surface area contributed by atoms with E-state index in [-0.39, 0.29) is 12.6 Å². The molecule has 3 nitrogen and oxygen atoms in total. The van der Waals surface area contributed by atoms with Crippen LogP contribution in [0.1, 0.15) is 16.6 Å². The minimum absolute atomic E-state index is 0.0789. The van der Waals surface area contributed by atoms with Crippen LogP contribution in [0.15, 0.2) is 28.1 Å². The van der Waals surface area contributed by atoms with Crippen molar-refractivity contribution in [3.8, 4) is 11.3 Å². The van der Waals surface area contributed by atoms with Gasteiger partial charge in [-0.05, 0) is 24.6 Å². The van der Waals surface area contributed by atoms with Crippen LogP contribution in [0, 0.1) is 6.92 Å². The van der Waals surface area contributed by atoms with E-state index in [2.05, 4.69) is 20.9 Å². The Morgan fingerprint density at radius 3 is 3.00 bits per heavy atom. The van der Waals surface area contributed by atoms with E-state index in [4.69, 9.17) is 10.8 Å². The van der Waals surface area contributed by atoms with Crippen molar-refractivity contribution < 1.29 is 5.11 Å². The lowest BCUT2D eigenvalue weighted by Gasteiger charge is -2.04. The minimum atomic E-state index is -0.388. The number of halogens is 1. The Balaban J connectivity index is 2.40. The molecule has 0 amide bonds. The molecule has 0 saturated heterocycles. The molecular formula is C12H13BrN2OS. The lowest BCUT2D eigenvalue weighted by molar-refractivity contribution is 0.268. The number of nitrogens with two attached hydrogens (primary N) is 1. The molecule has 0 aliphatic rings. The van der Waals surface area contributed by atoms with Crippen LogP contribution in [-0.4, -0.2) is 16.7 Å². The monoisotopic (exact) mass is 312 g/mol. The average Bonchev–Trinajstić information content (AvgIpc) is 2.80. The van der Waals surface area contributed by atoms with Crippen LogP contribution in [0.3, 0.4) is 0 Å². The summed E-state index contributed by atoms with van der Waals surface area (Å²) in [5, 5.41) is 11.7. The summed E-state index contributed by atoms with van der Waals surface area (Å²) in [7, 11) is 0. The Morgan fingerprint density at radius 1 is 1.53 bits per heavy atom. The molecule has 5 heteroatoms. The molecule has 1 heterocycles. The van der Waals surface area contributed by atoms with Crippen LogP contribution in [-0.2, 0) is 0 Å². The zero-order valence-electron chi connectivity index (χ0n) is 9.35. The maximum Gasteiger partial charge on any atom is 0.112 e. The van der Waals surface area contributed by atoms with E-state index in [1.807, 2.05) is 30.5 Å². The van der Waals surface area contributed by atoms with Gasteiger partial charge < -0.3 is 10.8 Å². The fourth-order valence-electron chi connectivity index (χ4n) is 1.53. The van der Waals surface area contributed by atoms with Gasteiger partial charge in [0.25, 0.3) is 0 Å². The van der Waals surface area contributed by atoms with E-state index in [0.29, 0.717) is 0 Å². The first-order valence-electron chi connectivity index (χ1n) is 5.20. The predicted octanol–water partition coefficient (Wildman–Crippen LogP) is 2.87. The van der Waals surface area contributed by atoms with Crippen LogP contribution in [0.25, 0.3) is 11.3 Å². The van der Waals surface area contributed by atoms with Gasteiger partial charge in [0.05, 0.1) is 18.3 Å². The fraction of sp³-hybridized carbons (Fsp3) is 0.250. The third-order valence-electron chi connectivity index (χ3n) is 2.51. The Bertz CT molecular complexity index is 527. The smallest absolute Gasteiger partial charge is 0.112 e. The van der Waals surface area contributed by atoms with Gasteiger partial charge in [-0.2, -0.15) is 0 Å². The van der Waals surface area contributed by atoms with Gasteiger partial charge in [-0.1, -0.05) is 22.0 Å². The third kappa shape index (κ3) is 2.74. The predicted molar refractivity (Wildman–Crippen MR) is 74.0 cm³/mol. The topological polar surface area (TPSA) is 59.1 Å². The molecule has 0 aliphatic carbocycles. The molecule has 1 atom stereocenters. The van der Waals surface area contributed by atoms with Crippen molar-refractivity contribution in [2.45, 2.75) is 13.0 Å². The SMILES string of the molecule is Cc1ccc(Br)cc1-c1csc(C(N)CO)n1. The summed E-state index contributed by atoms with van der Waals surface area (Å²) in [6, 6.07) is 5.70. The third-order valence-corrected chi connectivity index (χ3v) is 3.98. The number of hydrogen-bond donors (Lipinski definition) is 2. The molecule has 0 bridgehead atoms. The van der Waals surface area contributed by atoms with Crippen molar-refractivity contribution in [1.29, 1.82) is 0 Å². The Morgan fingerprint density at radius 2 is 2.29 bits per heavy atom. The molecule has 90 valence electrons. The second-order valence-electron chi connectivity index (χ2n) is 3.82. The molecule has 17 heavy (non-hydrogen) atoms. The summed E-state index contributed by atoms with van der Waals surface area (Å²) in [6.07, 6.45) is 0. The number of aromatic nitrogens is 1. The molecule has 3 N–H and O–H groups in total. The zero-order chi connectivity index (χ0) is 12.4. The van der Waals surface area contributed by atoms with E-state index in [0.717, 1.165) is 20.7 Å². The van der Waals surface area contributed by atoms with E-state index in [1.54, 1.807) is 0 Å². The van der Waals surface area contributed by atoms with Crippen molar-refractivity contribution in [2.75, 3.05) is 6.61 Å². The molecular weight excluding hydrogens is 300 g/mol. The van der Waals surface area contributed by atoms with Gasteiger partial charge in [-0.15, -0.1) is 11.3 Å². The summed E-state index contributed by atoms with van der Waals surface area (Å²) in [6.45, 7) is 1.97. The van der Waals surface area contributed by atoms with Crippen molar-refractivity contribution in [3.63, 3.8) is 0 Å². The van der Waals surface area contributed by atoms with E-state index in [1.165, 1.54) is 16.9 Å². The molecule has 0 radical (unpaired) electrons. The van der Waals surface area contributed by atoms with E-state index < -0.39 is 0 Å². The largest absolute Gasteiger partial charge is 0.394 e. The van der Waals surface area contributed by atoms with Gasteiger partial charge in [0.2, 0.25) is 0 Å². The molecule has 1 aromatic heterocycles. The summed E-state index contributed by atoms with van der Waals surface area (Å²) >= 11 is 4.93. The minimum Gasteiger partial charge on any atom is -0.394 e. The number of hydrogen-bond acceptors (Lipinski definition) is 4. The molecule has 0 aliphatic heterocycles. The van der Waals surface area contributed by atoms with Crippen LogP contribution in [0.5, 0.6) is 0 Å². The Labute approximate surface area is 112 Å². The molecule has 1 aromatic carbocycles. The highest BCUT2D eigenvalue weighted by Crippen LogP contribution is 2.29. The van der Waals surface area contributed by atoms with Crippen molar-refractivity contribution in [1.82, 2.24) is 4.98 Å². The summed E-state index contributed by atoms with van der Waals surface area (Å²) < 4.78 is 1.03. The normalized spacial score (nSPS) is 12.7. The van der Waals surface area contributed by atoms with Crippen LogP contribution in [0.4, 0.5) is 0 Å². The zero-order valence-corrected chi connectivity index (χ0v) is 11.8. The fourth-order valence-corrected chi connectivity index (χ4v) is 2.70. The molecule has 1 unspecified atom stereocenters. The second kappa shape index (κ2) is 5.27. The Hall–Kier alpha value is -0.750. The molecule has 2 aromatic rings. The molecule has 0 spiro atoms. The molecule has 2 rings (SSSR count). The summed E-state index contributed by atoms with van der Waals surface area (Å²) in [5.74, 6) is 0. The van der Waals surface area contributed by atoms with Gasteiger partial charge in [0.1, 0.15) is 5.01 Å². The van der Waals surface area contributed by atoms with Gasteiger partial charge in [0, 0.05) is 15.4 Å². The van der Waals surface area contributed by atoms with Gasteiger partial charge >= 0.3 is 0 Å². The Kier molecular flexibility index (Phi) is 3.93. The van der Waals surface area contributed by atoms with Crippen molar-refractivity contribution in [3.05, 3.63) is 38.6 Å². The van der Waals surface area contributed by atoms with Gasteiger partial charge in [-0.3, -0.25) is 0 Å². The highest BCUT2D eigenvalue weighted by molar-refractivity contribution is 9.10. The maximum atomic E-state index is 9.00. The highest BCUT2D eigenvalue weighted by atomic mass is 79.9. The van der Waals surface area contributed by atoms with Gasteiger partial charge in [0.15, 0.2) is 0 Å². The highest BCUT2D eigenvalue weighted by Gasteiger charge is 2.12. The second-order valence-corrected chi connectivity index (χ2v) is 5.62. The van der Waals surface area contributed by atoms with E-state index >= 15 is 0 Å². The van der Waals surface area contributed by atoms with Gasteiger partial charge in [-0.25, -0.2) is 4.98 Å². The first kappa shape index (κ1) is 12.7. The molecule has 0 fully saturated rings. The quantitative estimate of drug-likeness (QED) is 0.916. The number of benzene rings is 1. The molecule has 0 saturated carbocycles. The average molecular weight is 313 g/mol. The first-order chi connectivity index (χ1) is 8.11.